The number of aromatic nitrogens is 4. The van der Waals surface area contributed by atoms with Gasteiger partial charge in [0.2, 0.25) is 0 Å². The summed E-state index contributed by atoms with van der Waals surface area (Å²) in [5.74, 6) is 0.476. The molecule has 0 amide bonds. The molecule has 0 aliphatic carbocycles. The van der Waals surface area contributed by atoms with Gasteiger partial charge in [0.25, 0.3) is 5.78 Å². The Balaban J connectivity index is 3.09. The average molecular weight is 153 g/mol. The number of hydrogen-bond donors (Lipinski definition) is 1. The van der Waals surface area contributed by atoms with Crippen molar-refractivity contribution >= 4 is 17.1 Å². The molecule has 6 heteroatoms. The molecule has 0 saturated heterocycles. The van der Waals surface area contributed by atoms with Crippen LogP contribution in [0, 0.1) is 5.41 Å². The van der Waals surface area contributed by atoms with E-state index in [1.807, 2.05) is 0 Å². The van der Waals surface area contributed by atoms with Crippen LogP contribution >= 0.6 is 11.3 Å². The van der Waals surface area contributed by atoms with Gasteiger partial charge in [-0.25, -0.2) is 9.38 Å². The first-order chi connectivity index (χ1) is 4.88. The summed E-state index contributed by atoms with van der Waals surface area (Å²) >= 11 is 1.24. The summed E-state index contributed by atoms with van der Waals surface area (Å²) in [6, 6.07) is 0. The SMILES string of the molecule is N=c1scnc2nncn12. The summed E-state index contributed by atoms with van der Waals surface area (Å²) in [5.41, 5.74) is 1.58. The average Bonchev–Trinajstić information content (AvgIpc) is 2.36. The molecule has 1 N–H and O–H groups in total. The monoisotopic (exact) mass is 153 g/mol. The van der Waals surface area contributed by atoms with Crippen molar-refractivity contribution in [3.63, 3.8) is 0 Å². The van der Waals surface area contributed by atoms with Gasteiger partial charge < -0.3 is 0 Å². The lowest BCUT2D eigenvalue weighted by Crippen LogP contribution is -2.06. The van der Waals surface area contributed by atoms with Gasteiger partial charge in [-0.05, 0) is 0 Å². The Labute approximate surface area is 59.5 Å². The van der Waals surface area contributed by atoms with Crippen LogP contribution in [0.2, 0.25) is 0 Å². The lowest BCUT2D eigenvalue weighted by atomic mass is 11.0. The number of nitrogens with zero attached hydrogens (tertiary/aromatic N) is 4. The fourth-order valence-corrected chi connectivity index (χ4v) is 1.13. The van der Waals surface area contributed by atoms with Gasteiger partial charge in [0.1, 0.15) is 6.33 Å². The summed E-state index contributed by atoms with van der Waals surface area (Å²) < 4.78 is 1.52. The van der Waals surface area contributed by atoms with Crippen molar-refractivity contribution in [2.75, 3.05) is 0 Å². The Hall–Kier alpha value is -1.30. The number of hydrogen-bond acceptors (Lipinski definition) is 5. The fraction of sp³-hybridized carbons (Fsp3) is 0. The van der Waals surface area contributed by atoms with Crippen LogP contribution in [-0.4, -0.2) is 19.6 Å². The summed E-state index contributed by atoms with van der Waals surface area (Å²) in [7, 11) is 0. The molecule has 0 radical (unpaired) electrons. The van der Waals surface area contributed by atoms with Gasteiger partial charge in [-0.3, -0.25) is 5.41 Å². The molecular formula is C4H3N5S. The van der Waals surface area contributed by atoms with Crippen LogP contribution in [0.4, 0.5) is 0 Å². The first-order valence-corrected chi connectivity index (χ1v) is 3.44. The second-order valence-electron chi connectivity index (χ2n) is 1.66. The summed E-state index contributed by atoms with van der Waals surface area (Å²) in [5, 5.41) is 14.6. The molecule has 0 aliphatic heterocycles. The van der Waals surface area contributed by atoms with Crippen LogP contribution in [-0.2, 0) is 0 Å². The molecule has 2 aromatic rings. The van der Waals surface area contributed by atoms with Crippen molar-refractivity contribution in [1.82, 2.24) is 19.6 Å². The van der Waals surface area contributed by atoms with E-state index in [1.54, 1.807) is 5.51 Å². The smallest absolute Gasteiger partial charge is 0.257 e. The van der Waals surface area contributed by atoms with Crippen molar-refractivity contribution in [3.05, 3.63) is 16.6 Å². The molecule has 0 saturated carbocycles. The second-order valence-corrected chi connectivity index (χ2v) is 2.49. The quantitative estimate of drug-likeness (QED) is 0.563. The molecule has 0 aliphatic rings. The van der Waals surface area contributed by atoms with Gasteiger partial charge in [-0.2, -0.15) is 0 Å². The molecule has 10 heavy (non-hydrogen) atoms. The molecule has 0 fully saturated rings. The molecule has 5 nitrogen and oxygen atoms in total. The minimum atomic E-state index is 0.384. The maximum atomic E-state index is 7.34. The highest BCUT2D eigenvalue weighted by atomic mass is 32.1. The van der Waals surface area contributed by atoms with Crippen molar-refractivity contribution < 1.29 is 0 Å². The van der Waals surface area contributed by atoms with Crippen LogP contribution in [0.25, 0.3) is 5.78 Å². The highest BCUT2D eigenvalue weighted by Crippen LogP contribution is 1.88. The first kappa shape index (κ1) is 5.48. The van der Waals surface area contributed by atoms with Gasteiger partial charge in [-0.15, -0.1) is 10.2 Å². The maximum absolute atomic E-state index is 7.34. The van der Waals surface area contributed by atoms with Gasteiger partial charge in [0.15, 0.2) is 4.80 Å². The van der Waals surface area contributed by atoms with Crippen molar-refractivity contribution in [1.29, 1.82) is 5.41 Å². The third-order valence-corrected chi connectivity index (χ3v) is 1.71. The topological polar surface area (TPSA) is 66.9 Å². The van der Waals surface area contributed by atoms with Crippen molar-refractivity contribution in [2.45, 2.75) is 0 Å². The lowest BCUT2D eigenvalue weighted by molar-refractivity contribution is 1.03. The van der Waals surface area contributed by atoms with E-state index in [1.165, 1.54) is 22.1 Å². The third kappa shape index (κ3) is 0.623. The molecule has 0 atom stereocenters. The van der Waals surface area contributed by atoms with E-state index in [0.29, 0.717) is 10.6 Å². The molecule has 2 rings (SSSR count). The van der Waals surface area contributed by atoms with E-state index in [2.05, 4.69) is 15.2 Å². The van der Waals surface area contributed by atoms with E-state index in [-0.39, 0.29) is 0 Å². The zero-order chi connectivity index (χ0) is 6.97. The van der Waals surface area contributed by atoms with Gasteiger partial charge in [0, 0.05) is 0 Å². The normalized spacial score (nSPS) is 10.4. The van der Waals surface area contributed by atoms with Crippen LogP contribution in [0.1, 0.15) is 0 Å². The van der Waals surface area contributed by atoms with Crippen LogP contribution in [0.3, 0.4) is 0 Å². The Kier molecular flexibility index (Phi) is 1.01. The van der Waals surface area contributed by atoms with E-state index < -0.39 is 0 Å². The molecule has 2 aromatic heterocycles. The summed E-state index contributed by atoms with van der Waals surface area (Å²) in [6.07, 6.45) is 1.47. The minimum Gasteiger partial charge on any atom is -0.275 e. The minimum absolute atomic E-state index is 0.384. The predicted molar refractivity (Wildman–Crippen MR) is 34.5 cm³/mol. The fourth-order valence-electron chi connectivity index (χ4n) is 0.640. The van der Waals surface area contributed by atoms with Gasteiger partial charge >= 0.3 is 0 Å². The second kappa shape index (κ2) is 1.84. The molecule has 0 bridgehead atoms. The van der Waals surface area contributed by atoms with Crippen LogP contribution in [0.15, 0.2) is 11.8 Å². The largest absolute Gasteiger partial charge is 0.275 e. The van der Waals surface area contributed by atoms with Crippen LogP contribution in [0.5, 0.6) is 0 Å². The Morgan fingerprint density at radius 1 is 1.60 bits per heavy atom. The van der Waals surface area contributed by atoms with Crippen molar-refractivity contribution in [2.24, 2.45) is 0 Å². The zero-order valence-corrected chi connectivity index (χ0v) is 5.67. The van der Waals surface area contributed by atoms with E-state index in [4.69, 9.17) is 5.41 Å². The van der Waals surface area contributed by atoms with Gasteiger partial charge in [-0.1, -0.05) is 11.3 Å². The Morgan fingerprint density at radius 3 is 3.30 bits per heavy atom. The van der Waals surface area contributed by atoms with E-state index in [0.717, 1.165) is 0 Å². The molecule has 50 valence electrons. The Bertz CT molecular complexity index is 401. The van der Waals surface area contributed by atoms with E-state index >= 15 is 0 Å². The number of fused-ring (bicyclic) bond motifs is 1. The molecule has 2 heterocycles. The predicted octanol–water partition coefficient (Wildman–Crippen LogP) is -0.335. The number of rotatable bonds is 0. The van der Waals surface area contributed by atoms with Crippen molar-refractivity contribution in [3.8, 4) is 0 Å². The Morgan fingerprint density at radius 2 is 2.50 bits per heavy atom. The summed E-state index contributed by atoms with van der Waals surface area (Å²) in [4.78, 5) is 4.27. The van der Waals surface area contributed by atoms with Gasteiger partial charge in [0.05, 0.1) is 5.51 Å². The van der Waals surface area contributed by atoms with E-state index in [9.17, 15) is 0 Å². The number of nitrogens with one attached hydrogen (secondary N) is 1. The standard InChI is InChI=1S/C4H3N5S/c5-3-9-1-7-8-4(9)6-2-10-3/h1-2,5H. The molecule has 0 unspecified atom stereocenters. The molecule has 0 aromatic carbocycles. The highest BCUT2D eigenvalue weighted by molar-refractivity contribution is 7.06. The molecule has 0 spiro atoms. The summed E-state index contributed by atoms with van der Waals surface area (Å²) in [6.45, 7) is 0. The lowest BCUT2D eigenvalue weighted by Gasteiger charge is -1.84. The maximum Gasteiger partial charge on any atom is 0.257 e. The van der Waals surface area contributed by atoms with Crippen LogP contribution < -0.4 is 4.80 Å². The highest BCUT2D eigenvalue weighted by Gasteiger charge is 1.93. The first-order valence-electron chi connectivity index (χ1n) is 2.56. The zero-order valence-electron chi connectivity index (χ0n) is 4.85. The molecular weight excluding hydrogens is 150 g/mol. The third-order valence-electron chi connectivity index (χ3n) is 1.08.